The summed E-state index contributed by atoms with van der Waals surface area (Å²) >= 11 is 6.73. The maximum absolute atomic E-state index is 11.8. The van der Waals surface area contributed by atoms with Crippen molar-refractivity contribution in [2.24, 2.45) is 0 Å². The van der Waals surface area contributed by atoms with Gasteiger partial charge >= 0.3 is 0 Å². The fraction of sp³-hybridized carbons (Fsp3) is 0.385. The van der Waals surface area contributed by atoms with E-state index in [0.29, 0.717) is 26.0 Å². The monoisotopic (exact) mass is 610 g/mol. The quantitative estimate of drug-likeness (QED) is 0.463. The Kier molecular flexibility index (Phi) is 8.42. The van der Waals surface area contributed by atoms with Crippen molar-refractivity contribution in [2.75, 3.05) is 20.2 Å². The fourth-order valence-electron chi connectivity index (χ4n) is 1.44. The van der Waals surface area contributed by atoms with Crippen LogP contribution >= 0.6 is 67.8 Å². The summed E-state index contributed by atoms with van der Waals surface area (Å²) in [7, 11) is 1.71. The molecule has 20 heavy (non-hydrogen) atoms. The number of amides is 1. The van der Waals surface area contributed by atoms with Crippen molar-refractivity contribution in [3.05, 3.63) is 22.8 Å². The minimum absolute atomic E-state index is 0.00391. The second-order valence-corrected chi connectivity index (χ2v) is 7.59. The average molecular weight is 610 g/mol. The van der Waals surface area contributed by atoms with E-state index in [1.807, 2.05) is 18.2 Å². The number of hydrogen-bond acceptors (Lipinski definition) is 3. The maximum atomic E-state index is 11.8. The summed E-state index contributed by atoms with van der Waals surface area (Å²) in [5, 5.41) is 8.49. The van der Waals surface area contributed by atoms with Gasteiger partial charge in [-0.2, -0.15) is 5.26 Å². The number of benzene rings is 1. The predicted octanol–water partition coefficient (Wildman–Crippen LogP) is 3.64. The summed E-state index contributed by atoms with van der Waals surface area (Å²) in [6, 6.07) is 6.11. The Bertz CT molecular complexity index is 506. The molecule has 0 aliphatic heterocycles. The number of carbonyl (C=O) groups is 1. The van der Waals surface area contributed by atoms with Gasteiger partial charge in [-0.1, -0.05) is 0 Å². The van der Waals surface area contributed by atoms with E-state index in [9.17, 15) is 4.79 Å². The highest BCUT2D eigenvalue weighted by Crippen LogP contribution is 2.29. The lowest BCUT2D eigenvalue weighted by molar-refractivity contribution is -0.130. The van der Waals surface area contributed by atoms with Crippen molar-refractivity contribution >= 4 is 73.7 Å². The van der Waals surface area contributed by atoms with Crippen LogP contribution in [0, 0.1) is 22.0 Å². The minimum Gasteiger partial charge on any atom is -0.491 e. The molecule has 0 radical (unpaired) electrons. The number of ether oxygens (including phenoxy) is 1. The van der Waals surface area contributed by atoms with E-state index in [1.54, 1.807) is 11.9 Å². The molecule has 0 unspecified atom stereocenters. The van der Waals surface area contributed by atoms with Gasteiger partial charge in [-0.05, 0) is 79.9 Å². The van der Waals surface area contributed by atoms with Crippen LogP contribution in [0.5, 0.6) is 5.75 Å². The van der Waals surface area contributed by atoms with E-state index >= 15 is 0 Å². The van der Waals surface area contributed by atoms with Crippen LogP contribution in [-0.2, 0) is 4.79 Å². The predicted molar refractivity (Wildman–Crippen MR) is 103 cm³/mol. The van der Waals surface area contributed by atoms with Crippen LogP contribution < -0.4 is 4.74 Å². The molecule has 0 aliphatic rings. The van der Waals surface area contributed by atoms with Crippen LogP contribution in [0.3, 0.4) is 0 Å². The highest BCUT2D eigenvalue weighted by molar-refractivity contribution is 14.1. The van der Waals surface area contributed by atoms with Crippen LogP contribution in [0.2, 0.25) is 0 Å². The van der Waals surface area contributed by atoms with E-state index in [-0.39, 0.29) is 5.91 Å². The normalized spacial score (nSPS) is 9.95. The van der Waals surface area contributed by atoms with E-state index in [2.05, 4.69) is 67.8 Å². The molecule has 0 spiro atoms. The number of hydrogen-bond donors (Lipinski definition) is 0. The molecular weight excluding hydrogens is 597 g/mol. The molecule has 1 rings (SSSR count). The molecule has 0 saturated heterocycles. The highest BCUT2D eigenvalue weighted by atomic mass is 127. The maximum Gasteiger partial charge on any atom is 0.225 e. The fourth-order valence-corrected chi connectivity index (χ4v) is 5.33. The van der Waals surface area contributed by atoms with E-state index in [4.69, 9.17) is 10.00 Å². The Hall–Kier alpha value is 0.170. The van der Waals surface area contributed by atoms with Gasteiger partial charge in [0.15, 0.2) is 0 Å². The summed E-state index contributed by atoms with van der Waals surface area (Å²) in [5.74, 6) is 0.829. The van der Waals surface area contributed by atoms with E-state index in [1.165, 1.54) is 0 Å². The van der Waals surface area contributed by atoms with Crippen LogP contribution in [0.25, 0.3) is 0 Å². The summed E-state index contributed by atoms with van der Waals surface area (Å²) in [6.07, 6.45) is 0.677. The second-order valence-electron chi connectivity index (χ2n) is 4.02. The second kappa shape index (κ2) is 9.24. The standard InChI is InChI=1S/C13H13I3N2O2/c1-18(5-2-4-17)12(19)3-6-20-13-10(15)7-9(14)8-11(13)16/h7-8H,2-3,5-6H2,1H3. The van der Waals surface area contributed by atoms with Gasteiger partial charge in [0.2, 0.25) is 5.91 Å². The van der Waals surface area contributed by atoms with E-state index in [0.717, 1.165) is 16.5 Å². The third-order valence-electron chi connectivity index (χ3n) is 2.51. The molecule has 0 aromatic heterocycles. The van der Waals surface area contributed by atoms with Gasteiger partial charge in [-0.3, -0.25) is 4.79 Å². The van der Waals surface area contributed by atoms with Crippen molar-refractivity contribution in [2.45, 2.75) is 12.8 Å². The first-order chi connectivity index (χ1) is 9.45. The van der Waals surface area contributed by atoms with Crippen LogP contribution in [0.15, 0.2) is 12.1 Å². The zero-order valence-electron chi connectivity index (χ0n) is 10.8. The zero-order valence-corrected chi connectivity index (χ0v) is 17.3. The van der Waals surface area contributed by atoms with Gasteiger partial charge in [0.05, 0.1) is 32.7 Å². The number of rotatable bonds is 6. The smallest absolute Gasteiger partial charge is 0.225 e. The van der Waals surface area contributed by atoms with Crippen molar-refractivity contribution in [3.63, 3.8) is 0 Å². The SMILES string of the molecule is CN(CCC#N)C(=O)CCOc1c(I)cc(I)cc1I. The molecule has 7 heteroatoms. The number of nitriles is 1. The molecule has 108 valence electrons. The highest BCUT2D eigenvalue weighted by Gasteiger charge is 2.11. The molecular formula is C13H13I3N2O2. The average Bonchev–Trinajstić information content (AvgIpc) is 2.38. The molecule has 4 nitrogen and oxygen atoms in total. The van der Waals surface area contributed by atoms with Crippen molar-refractivity contribution in [1.82, 2.24) is 4.90 Å². The topological polar surface area (TPSA) is 53.3 Å². The lowest BCUT2D eigenvalue weighted by Crippen LogP contribution is -2.28. The lowest BCUT2D eigenvalue weighted by Gasteiger charge is -2.16. The van der Waals surface area contributed by atoms with Gasteiger partial charge in [-0.15, -0.1) is 0 Å². The Morgan fingerprint density at radius 1 is 1.35 bits per heavy atom. The molecule has 1 amide bonds. The van der Waals surface area contributed by atoms with Crippen molar-refractivity contribution in [3.8, 4) is 11.8 Å². The Morgan fingerprint density at radius 2 is 1.95 bits per heavy atom. The molecule has 0 heterocycles. The summed E-state index contributed by atoms with van der Waals surface area (Å²) in [5.41, 5.74) is 0. The largest absolute Gasteiger partial charge is 0.491 e. The molecule has 0 N–H and O–H groups in total. The Labute approximate surface area is 159 Å². The Balaban J connectivity index is 2.49. The summed E-state index contributed by atoms with van der Waals surface area (Å²) in [6.45, 7) is 0.816. The van der Waals surface area contributed by atoms with Crippen LogP contribution in [-0.4, -0.2) is 31.0 Å². The Morgan fingerprint density at radius 3 is 2.50 bits per heavy atom. The lowest BCUT2D eigenvalue weighted by atomic mass is 10.3. The van der Waals surface area contributed by atoms with E-state index < -0.39 is 0 Å². The van der Waals surface area contributed by atoms with Crippen LogP contribution in [0.4, 0.5) is 0 Å². The molecule has 0 bridgehead atoms. The molecule has 1 aromatic rings. The van der Waals surface area contributed by atoms with Crippen molar-refractivity contribution in [1.29, 1.82) is 5.26 Å². The molecule has 1 aromatic carbocycles. The summed E-state index contributed by atoms with van der Waals surface area (Å²) in [4.78, 5) is 13.4. The number of carbonyl (C=O) groups excluding carboxylic acids is 1. The van der Waals surface area contributed by atoms with Gasteiger partial charge in [0.25, 0.3) is 0 Å². The molecule has 0 fully saturated rings. The van der Waals surface area contributed by atoms with Gasteiger partial charge < -0.3 is 9.64 Å². The third kappa shape index (κ3) is 5.88. The van der Waals surface area contributed by atoms with Gasteiger partial charge in [0.1, 0.15) is 5.75 Å². The zero-order chi connectivity index (χ0) is 15.1. The third-order valence-corrected chi connectivity index (χ3v) is 4.74. The van der Waals surface area contributed by atoms with Crippen molar-refractivity contribution < 1.29 is 9.53 Å². The van der Waals surface area contributed by atoms with Crippen LogP contribution in [0.1, 0.15) is 12.8 Å². The number of nitrogens with zero attached hydrogens (tertiary/aromatic N) is 2. The molecule has 0 atom stereocenters. The summed E-state index contributed by atoms with van der Waals surface area (Å²) < 4.78 is 8.97. The first-order valence-electron chi connectivity index (χ1n) is 5.84. The first kappa shape index (κ1) is 18.2. The number of halogens is 3. The van der Waals surface area contributed by atoms with Gasteiger partial charge in [0, 0.05) is 17.2 Å². The minimum atomic E-state index is -0.00391. The molecule has 0 saturated carbocycles. The first-order valence-corrected chi connectivity index (χ1v) is 9.07. The van der Waals surface area contributed by atoms with Gasteiger partial charge in [-0.25, -0.2) is 0 Å². The molecule has 0 aliphatic carbocycles.